The highest BCUT2D eigenvalue weighted by Crippen LogP contribution is 2.33. The summed E-state index contributed by atoms with van der Waals surface area (Å²) in [5.41, 5.74) is 1.20. The number of nitrogens with zero attached hydrogens (tertiary/aromatic N) is 3. The van der Waals surface area contributed by atoms with Crippen molar-refractivity contribution >= 4 is 43.3 Å². The smallest absolute Gasteiger partial charge is 0.284 e. The molecule has 4 rings (SSSR count). The van der Waals surface area contributed by atoms with E-state index < -0.39 is 15.9 Å². The van der Waals surface area contributed by atoms with Crippen molar-refractivity contribution in [3.05, 3.63) is 66.9 Å². The summed E-state index contributed by atoms with van der Waals surface area (Å²) in [5, 5.41) is 24.8. The maximum Gasteiger partial charge on any atom is 0.284 e. The molecule has 0 saturated carbocycles. The molecule has 0 unspecified atom stereocenters. The SMILES string of the molecule is C[N+](C)(CCC(=N)[O-])c1cccc2cnn(S(=O)(=O)c3cccc4ccccc34)c12. The van der Waals surface area contributed by atoms with E-state index in [1.807, 2.05) is 56.6 Å². The van der Waals surface area contributed by atoms with Crippen LogP contribution in [0.5, 0.6) is 0 Å². The van der Waals surface area contributed by atoms with E-state index in [1.165, 1.54) is 6.20 Å². The third-order valence-electron chi connectivity index (χ3n) is 5.34. The Bertz CT molecular complexity index is 1370. The maximum atomic E-state index is 13.7. The Morgan fingerprint density at radius 1 is 1.03 bits per heavy atom. The first-order valence-electron chi connectivity index (χ1n) is 9.50. The monoisotopic (exact) mass is 422 g/mol. The van der Waals surface area contributed by atoms with Crippen molar-refractivity contribution in [2.24, 2.45) is 0 Å². The summed E-state index contributed by atoms with van der Waals surface area (Å²) < 4.78 is 28.7. The van der Waals surface area contributed by atoms with Gasteiger partial charge in [-0.1, -0.05) is 48.5 Å². The van der Waals surface area contributed by atoms with Crippen LogP contribution >= 0.6 is 0 Å². The molecule has 3 aromatic carbocycles. The Balaban J connectivity index is 1.95. The zero-order valence-corrected chi connectivity index (χ0v) is 17.6. The summed E-state index contributed by atoms with van der Waals surface area (Å²) >= 11 is 0. The largest absolute Gasteiger partial charge is 0.862 e. The molecule has 0 radical (unpaired) electrons. The predicted molar refractivity (Wildman–Crippen MR) is 117 cm³/mol. The van der Waals surface area contributed by atoms with Crippen molar-refractivity contribution in [3.63, 3.8) is 0 Å². The summed E-state index contributed by atoms with van der Waals surface area (Å²) in [4.78, 5) is 0.187. The second-order valence-electron chi connectivity index (χ2n) is 7.77. The molecule has 0 bridgehead atoms. The van der Waals surface area contributed by atoms with E-state index >= 15 is 0 Å². The van der Waals surface area contributed by atoms with Gasteiger partial charge < -0.3 is 10.5 Å². The van der Waals surface area contributed by atoms with Gasteiger partial charge in [-0.3, -0.25) is 4.48 Å². The number of fused-ring (bicyclic) bond motifs is 2. The topological polar surface area (TPSA) is 98.9 Å². The number of quaternary nitrogens is 1. The molecule has 0 aliphatic carbocycles. The minimum atomic E-state index is -3.97. The lowest BCUT2D eigenvalue weighted by molar-refractivity contribution is -0.220. The molecule has 4 aromatic rings. The summed E-state index contributed by atoms with van der Waals surface area (Å²) in [5.74, 6) is -0.648. The van der Waals surface area contributed by atoms with Gasteiger partial charge in [-0.05, 0) is 17.4 Å². The molecule has 1 N–H and O–H groups in total. The number of rotatable bonds is 6. The Labute approximate surface area is 174 Å². The third kappa shape index (κ3) is 3.34. The lowest BCUT2D eigenvalue weighted by Crippen LogP contribution is -2.43. The number of aromatic nitrogens is 2. The van der Waals surface area contributed by atoms with Crippen LogP contribution in [0.3, 0.4) is 0 Å². The molecule has 8 heteroatoms. The predicted octanol–water partition coefficient (Wildman–Crippen LogP) is 2.72. The second-order valence-corrected chi connectivity index (χ2v) is 9.50. The fourth-order valence-corrected chi connectivity index (χ4v) is 5.23. The van der Waals surface area contributed by atoms with E-state index in [1.54, 1.807) is 18.2 Å². The minimum Gasteiger partial charge on any atom is -0.862 e. The molecule has 7 nitrogen and oxygen atoms in total. The Morgan fingerprint density at radius 2 is 1.70 bits per heavy atom. The number of benzene rings is 3. The van der Waals surface area contributed by atoms with E-state index in [4.69, 9.17) is 5.41 Å². The van der Waals surface area contributed by atoms with Gasteiger partial charge in [0.25, 0.3) is 10.0 Å². The van der Waals surface area contributed by atoms with Gasteiger partial charge in [-0.2, -0.15) is 13.5 Å². The Hall–Kier alpha value is -3.23. The van der Waals surface area contributed by atoms with E-state index in [0.29, 0.717) is 22.8 Å². The molecule has 30 heavy (non-hydrogen) atoms. The molecule has 1 heterocycles. The van der Waals surface area contributed by atoms with Gasteiger partial charge in [-0.25, -0.2) is 0 Å². The van der Waals surface area contributed by atoms with Crippen LogP contribution in [-0.2, 0) is 10.0 Å². The van der Waals surface area contributed by atoms with E-state index in [-0.39, 0.29) is 15.8 Å². The first-order chi connectivity index (χ1) is 14.2. The van der Waals surface area contributed by atoms with Gasteiger partial charge in [0.1, 0.15) is 5.52 Å². The zero-order valence-electron chi connectivity index (χ0n) is 16.7. The summed E-state index contributed by atoms with van der Waals surface area (Å²) in [7, 11) is -0.194. The fraction of sp³-hybridized carbons (Fsp3) is 0.182. The molecule has 154 valence electrons. The van der Waals surface area contributed by atoms with Crippen molar-refractivity contribution in [3.8, 4) is 0 Å². The number of hydrogen-bond acceptors (Lipinski definition) is 5. The molecular formula is C22H22N4O3S. The van der Waals surface area contributed by atoms with Crippen molar-refractivity contribution < 1.29 is 13.5 Å². The quantitative estimate of drug-likeness (QED) is 0.293. The summed E-state index contributed by atoms with van der Waals surface area (Å²) in [6.07, 6.45) is 1.62. The molecule has 0 amide bonds. The summed E-state index contributed by atoms with van der Waals surface area (Å²) in [6, 6.07) is 18.0. The van der Waals surface area contributed by atoms with Crippen LogP contribution in [0.1, 0.15) is 6.42 Å². The molecule has 1 aromatic heterocycles. The highest BCUT2D eigenvalue weighted by atomic mass is 32.2. The van der Waals surface area contributed by atoms with Gasteiger partial charge in [0.2, 0.25) is 0 Å². The zero-order chi connectivity index (χ0) is 21.5. The standard InChI is InChI=1S/C22H22N4O3S/c1-26(2,14-13-21(23)27)19-11-5-9-17-15-24-25(22(17)19)30(28,29)20-12-6-8-16-7-3-4-10-18(16)20/h3-12,15H,13-14H2,1-2H3,(H-,23,27). The van der Waals surface area contributed by atoms with Gasteiger partial charge in [-0.15, -0.1) is 4.09 Å². The normalized spacial score (nSPS) is 12.5. The average molecular weight is 423 g/mol. The maximum absolute atomic E-state index is 13.7. The van der Waals surface area contributed by atoms with Crippen LogP contribution < -0.4 is 9.59 Å². The van der Waals surface area contributed by atoms with Gasteiger partial charge in [0.15, 0.2) is 5.69 Å². The van der Waals surface area contributed by atoms with Gasteiger partial charge >= 0.3 is 0 Å². The van der Waals surface area contributed by atoms with Gasteiger partial charge in [0.05, 0.1) is 31.7 Å². The number of hydrogen-bond donors (Lipinski definition) is 1. The molecule has 0 atom stereocenters. The lowest BCUT2D eigenvalue weighted by atomic mass is 10.1. The molecule has 0 spiro atoms. The van der Waals surface area contributed by atoms with Crippen molar-refractivity contribution in [2.45, 2.75) is 11.3 Å². The van der Waals surface area contributed by atoms with Crippen LogP contribution in [-0.4, -0.2) is 44.1 Å². The Kier molecular flexibility index (Phi) is 4.83. The minimum absolute atomic E-state index is 0.0770. The first kappa shape index (κ1) is 20.1. The van der Waals surface area contributed by atoms with Crippen molar-refractivity contribution in [1.29, 1.82) is 5.41 Å². The van der Waals surface area contributed by atoms with E-state index in [0.717, 1.165) is 15.2 Å². The van der Waals surface area contributed by atoms with Crippen LogP contribution in [0.25, 0.3) is 21.7 Å². The van der Waals surface area contributed by atoms with Crippen molar-refractivity contribution in [1.82, 2.24) is 13.7 Å². The fourth-order valence-electron chi connectivity index (χ4n) is 3.72. The van der Waals surface area contributed by atoms with E-state index in [2.05, 4.69) is 5.10 Å². The average Bonchev–Trinajstić information content (AvgIpc) is 3.17. The molecule has 0 aliphatic heterocycles. The summed E-state index contributed by atoms with van der Waals surface area (Å²) in [6.45, 7) is 0.376. The molecule has 0 fully saturated rings. The van der Waals surface area contributed by atoms with Crippen LogP contribution in [0.4, 0.5) is 5.69 Å². The number of nitrogens with one attached hydrogen (secondary N) is 1. The molecule has 0 aliphatic rings. The lowest BCUT2D eigenvalue weighted by Gasteiger charge is -2.30. The highest BCUT2D eigenvalue weighted by molar-refractivity contribution is 7.90. The number of para-hydroxylation sites is 1. The first-order valence-corrected chi connectivity index (χ1v) is 10.9. The van der Waals surface area contributed by atoms with Crippen LogP contribution in [0, 0.1) is 5.41 Å². The highest BCUT2D eigenvalue weighted by Gasteiger charge is 2.29. The van der Waals surface area contributed by atoms with Crippen molar-refractivity contribution in [2.75, 3.05) is 20.6 Å². The van der Waals surface area contributed by atoms with Crippen LogP contribution in [0.15, 0.2) is 71.8 Å². The third-order valence-corrected chi connectivity index (χ3v) is 6.99. The van der Waals surface area contributed by atoms with Gasteiger partial charge in [0, 0.05) is 23.3 Å². The van der Waals surface area contributed by atoms with Crippen LogP contribution in [0.2, 0.25) is 0 Å². The van der Waals surface area contributed by atoms with E-state index in [9.17, 15) is 13.5 Å². The molecule has 0 saturated heterocycles. The second kappa shape index (κ2) is 7.23. The Morgan fingerprint density at radius 3 is 2.47 bits per heavy atom. The molecular weight excluding hydrogens is 400 g/mol.